The molecule has 0 saturated heterocycles. The molecule has 0 radical (unpaired) electrons. The maximum absolute atomic E-state index is 5.67. The monoisotopic (exact) mass is 243 g/mol. The minimum atomic E-state index is 0.589. The van der Waals surface area contributed by atoms with Crippen molar-refractivity contribution in [2.24, 2.45) is 11.7 Å². The Morgan fingerprint density at radius 3 is 2.78 bits per heavy atom. The summed E-state index contributed by atoms with van der Waals surface area (Å²) in [5, 5.41) is 0. The molecule has 0 unspecified atom stereocenters. The quantitative estimate of drug-likeness (QED) is 0.850. The van der Waals surface area contributed by atoms with E-state index in [0.29, 0.717) is 12.5 Å². The van der Waals surface area contributed by atoms with Crippen LogP contribution in [0.1, 0.15) is 49.9 Å². The molecule has 3 rings (SSSR count). The van der Waals surface area contributed by atoms with Crippen LogP contribution in [0.5, 0.6) is 0 Å². The highest BCUT2D eigenvalue weighted by Gasteiger charge is 2.22. The smallest absolute Gasteiger partial charge is 0.110 e. The Hall–Kier alpha value is -1.35. The first kappa shape index (κ1) is 11.7. The molecular formula is C15H21N3. The van der Waals surface area contributed by atoms with Crippen molar-refractivity contribution in [2.45, 2.75) is 45.1 Å². The molecule has 3 N–H and O–H groups in total. The standard InChI is InChI=1S/C15H21N3/c1-10-2-5-12(6-3-10)15-17-13-7-4-11(9-16)8-14(13)18-15/h4,7-8,10,12H,2-3,5-6,9,16H2,1H3,(H,17,18). The number of aromatic amines is 1. The Kier molecular flexibility index (Phi) is 3.08. The second-order valence-corrected chi connectivity index (χ2v) is 5.63. The number of benzene rings is 1. The van der Waals surface area contributed by atoms with E-state index < -0.39 is 0 Å². The van der Waals surface area contributed by atoms with E-state index in [-0.39, 0.29) is 0 Å². The molecule has 1 aliphatic carbocycles. The maximum Gasteiger partial charge on any atom is 0.110 e. The summed E-state index contributed by atoms with van der Waals surface area (Å²) in [6, 6.07) is 6.26. The maximum atomic E-state index is 5.67. The van der Waals surface area contributed by atoms with E-state index >= 15 is 0 Å². The third kappa shape index (κ3) is 2.15. The van der Waals surface area contributed by atoms with Gasteiger partial charge in [0.2, 0.25) is 0 Å². The van der Waals surface area contributed by atoms with Crippen molar-refractivity contribution in [1.29, 1.82) is 0 Å². The largest absolute Gasteiger partial charge is 0.342 e. The van der Waals surface area contributed by atoms with Crippen LogP contribution in [0.4, 0.5) is 0 Å². The SMILES string of the molecule is CC1CCC(c2nc3ccc(CN)cc3[nH]2)CC1. The number of aromatic nitrogens is 2. The van der Waals surface area contributed by atoms with Crippen molar-refractivity contribution in [3.63, 3.8) is 0 Å². The number of imidazole rings is 1. The van der Waals surface area contributed by atoms with Crippen LogP contribution in [0.25, 0.3) is 11.0 Å². The van der Waals surface area contributed by atoms with Crippen LogP contribution < -0.4 is 5.73 Å². The number of H-pyrrole nitrogens is 1. The lowest BCUT2D eigenvalue weighted by molar-refractivity contribution is 0.341. The van der Waals surface area contributed by atoms with E-state index in [1.807, 2.05) is 0 Å². The van der Waals surface area contributed by atoms with Gasteiger partial charge in [-0.3, -0.25) is 0 Å². The molecular weight excluding hydrogens is 222 g/mol. The van der Waals surface area contributed by atoms with Crippen molar-refractivity contribution in [3.05, 3.63) is 29.6 Å². The van der Waals surface area contributed by atoms with Crippen LogP contribution >= 0.6 is 0 Å². The van der Waals surface area contributed by atoms with Crippen LogP contribution in [-0.4, -0.2) is 9.97 Å². The van der Waals surface area contributed by atoms with Gasteiger partial charge in [-0.2, -0.15) is 0 Å². The molecule has 1 heterocycles. The molecule has 0 amide bonds. The summed E-state index contributed by atoms with van der Waals surface area (Å²) < 4.78 is 0. The molecule has 2 aromatic rings. The third-order valence-corrected chi connectivity index (χ3v) is 4.20. The van der Waals surface area contributed by atoms with Crippen LogP contribution in [0.3, 0.4) is 0 Å². The summed E-state index contributed by atoms with van der Waals surface area (Å²) >= 11 is 0. The van der Waals surface area contributed by atoms with Gasteiger partial charge in [-0.05, 0) is 36.5 Å². The molecule has 1 aliphatic rings. The molecule has 1 saturated carbocycles. The highest BCUT2D eigenvalue weighted by molar-refractivity contribution is 5.76. The molecule has 3 nitrogen and oxygen atoms in total. The number of nitrogens with two attached hydrogens (primary N) is 1. The van der Waals surface area contributed by atoms with Gasteiger partial charge in [0.05, 0.1) is 11.0 Å². The van der Waals surface area contributed by atoms with Crippen LogP contribution in [0.15, 0.2) is 18.2 Å². The number of nitrogens with one attached hydrogen (secondary N) is 1. The van der Waals surface area contributed by atoms with E-state index in [2.05, 4.69) is 30.1 Å². The molecule has 0 aliphatic heterocycles. The van der Waals surface area contributed by atoms with Crippen LogP contribution in [0.2, 0.25) is 0 Å². The zero-order valence-electron chi connectivity index (χ0n) is 10.9. The summed E-state index contributed by atoms with van der Waals surface area (Å²) in [5.74, 6) is 2.68. The summed E-state index contributed by atoms with van der Waals surface area (Å²) in [7, 11) is 0. The topological polar surface area (TPSA) is 54.7 Å². The second kappa shape index (κ2) is 4.73. The van der Waals surface area contributed by atoms with Crippen molar-refractivity contribution in [3.8, 4) is 0 Å². The third-order valence-electron chi connectivity index (χ3n) is 4.20. The molecule has 1 aromatic heterocycles. The first-order valence-corrected chi connectivity index (χ1v) is 6.95. The Labute approximate surface area is 108 Å². The van der Waals surface area contributed by atoms with Gasteiger partial charge in [-0.15, -0.1) is 0 Å². The van der Waals surface area contributed by atoms with E-state index in [1.54, 1.807) is 0 Å². The van der Waals surface area contributed by atoms with Crippen LogP contribution in [0, 0.1) is 5.92 Å². The summed E-state index contributed by atoms with van der Waals surface area (Å²) in [6.07, 6.45) is 5.20. The Bertz CT molecular complexity index is 536. The van der Waals surface area contributed by atoms with Gasteiger partial charge in [0.15, 0.2) is 0 Å². The fraction of sp³-hybridized carbons (Fsp3) is 0.533. The first-order valence-electron chi connectivity index (χ1n) is 6.95. The predicted octanol–water partition coefficient (Wildman–Crippen LogP) is 3.32. The van der Waals surface area contributed by atoms with Crippen molar-refractivity contribution >= 4 is 11.0 Å². The number of hydrogen-bond acceptors (Lipinski definition) is 2. The van der Waals surface area contributed by atoms with Crippen molar-refractivity contribution in [1.82, 2.24) is 9.97 Å². The zero-order chi connectivity index (χ0) is 12.5. The number of rotatable bonds is 2. The summed E-state index contributed by atoms with van der Waals surface area (Å²) in [5.41, 5.74) is 9.03. The van der Waals surface area contributed by atoms with E-state index in [4.69, 9.17) is 10.7 Å². The normalized spacial score (nSPS) is 24.6. The first-order chi connectivity index (χ1) is 8.76. The molecule has 1 fully saturated rings. The average molecular weight is 243 g/mol. The molecule has 18 heavy (non-hydrogen) atoms. The molecule has 0 atom stereocenters. The minimum absolute atomic E-state index is 0.589. The van der Waals surface area contributed by atoms with Gasteiger partial charge in [0.1, 0.15) is 5.82 Å². The summed E-state index contributed by atoms with van der Waals surface area (Å²) in [4.78, 5) is 8.23. The minimum Gasteiger partial charge on any atom is -0.342 e. The fourth-order valence-electron chi connectivity index (χ4n) is 2.93. The Morgan fingerprint density at radius 1 is 1.28 bits per heavy atom. The van der Waals surface area contributed by atoms with Crippen molar-refractivity contribution < 1.29 is 0 Å². The number of nitrogens with zero attached hydrogens (tertiary/aromatic N) is 1. The zero-order valence-corrected chi connectivity index (χ0v) is 10.9. The highest BCUT2D eigenvalue weighted by atomic mass is 14.9. The molecule has 1 aromatic carbocycles. The lowest BCUT2D eigenvalue weighted by atomic mass is 9.83. The van der Waals surface area contributed by atoms with Gasteiger partial charge >= 0.3 is 0 Å². The van der Waals surface area contributed by atoms with E-state index in [9.17, 15) is 0 Å². The van der Waals surface area contributed by atoms with Crippen molar-refractivity contribution in [2.75, 3.05) is 0 Å². The Morgan fingerprint density at radius 2 is 2.06 bits per heavy atom. The van der Waals surface area contributed by atoms with Gasteiger partial charge in [0.25, 0.3) is 0 Å². The summed E-state index contributed by atoms with van der Waals surface area (Å²) in [6.45, 7) is 2.94. The lowest BCUT2D eigenvalue weighted by Crippen LogP contribution is -2.11. The predicted molar refractivity (Wildman–Crippen MR) is 74.4 cm³/mol. The van der Waals surface area contributed by atoms with E-state index in [1.165, 1.54) is 31.5 Å². The molecule has 0 spiro atoms. The molecule has 96 valence electrons. The lowest BCUT2D eigenvalue weighted by Gasteiger charge is -2.24. The van der Waals surface area contributed by atoms with Gasteiger partial charge in [-0.1, -0.05) is 25.8 Å². The number of hydrogen-bond donors (Lipinski definition) is 2. The average Bonchev–Trinajstić information content (AvgIpc) is 2.82. The van der Waals surface area contributed by atoms with Gasteiger partial charge < -0.3 is 10.7 Å². The van der Waals surface area contributed by atoms with Crippen LogP contribution in [-0.2, 0) is 6.54 Å². The Balaban J connectivity index is 1.88. The van der Waals surface area contributed by atoms with Gasteiger partial charge in [0, 0.05) is 12.5 Å². The molecule has 3 heteroatoms. The molecule has 0 bridgehead atoms. The fourth-order valence-corrected chi connectivity index (χ4v) is 2.93. The van der Waals surface area contributed by atoms with E-state index in [0.717, 1.165) is 22.5 Å². The second-order valence-electron chi connectivity index (χ2n) is 5.63. The van der Waals surface area contributed by atoms with Gasteiger partial charge in [-0.25, -0.2) is 4.98 Å². The number of fused-ring (bicyclic) bond motifs is 1. The highest BCUT2D eigenvalue weighted by Crippen LogP contribution is 2.34.